The average molecular weight is 270 g/mol. The largest absolute Gasteiger partial charge is 0.379 e. The first-order valence-electron chi connectivity index (χ1n) is 6.84. The molecule has 1 N–H and O–H groups in total. The molecule has 1 fully saturated rings. The van der Waals surface area contributed by atoms with Crippen molar-refractivity contribution in [3.05, 3.63) is 48.2 Å². The standard InChI is InChI=1S/C15H18N4O/c1-11-17-7-4-15(18-11)19-14-10-20-9-13(14)8-12-2-5-16-6-3-12/h2-7,13-14H,8-10H2,1H3,(H,17,18,19)/t13-,14-/m1/s1. The van der Waals surface area contributed by atoms with Crippen LogP contribution in [0.4, 0.5) is 5.82 Å². The van der Waals surface area contributed by atoms with Crippen LogP contribution in [0.15, 0.2) is 36.8 Å². The Balaban J connectivity index is 1.66. The van der Waals surface area contributed by atoms with E-state index in [4.69, 9.17) is 4.74 Å². The number of aromatic nitrogens is 3. The van der Waals surface area contributed by atoms with Gasteiger partial charge in [0.2, 0.25) is 0 Å². The number of nitrogens with zero attached hydrogens (tertiary/aromatic N) is 3. The van der Waals surface area contributed by atoms with Gasteiger partial charge in [0.15, 0.2) is 0 Å². The monoisotopic (exact) mass is 270 g/mol. The Labute approximate surface area is 118 Å². The minimum Gasteiger partial charge on any atom is -0.379 e. The number of rotatable bonds is 4. The van der Waals surface area contributed by atoms with Gasteiger partial charge in [-0.25, -0.2) is 9.97 Å². The van der Waals surface area contributed by atoms with Crippen LogP contribution in [0, 0.1) is 12.8 Å². The molecule has 2 aromatic heterocycles. The molecule has 2 aromatic rings. The minimum absolute atomic E-state index is 0.289. The van der Waals surface area contributed by atoms with Crippen LogP contribution in [0.2, 0.25) is 0 Å². The third kappa shape index (κ3) is 3.11. The molecule has 0 bridgehead atoms. The topological polar surface area (TPSA) is 59.9 Å². The Hall–Kier alpha value is -2.01. The predicted octanol–water partition coefficient (Wildman–Crippen LogP) is 1.85. The van der Waals surface area contributed by atoms with E-state index in [-0.39, 0.29) is 6.04 Å². The van der Waals surface area contributed by atoms with E-state index in [1.807, 2.05) is 25.4 Å². The van der Waals surface area contributed by atoms with Gasteiger partial charge in [-0.3, -0.25) is 4.98 Å². The van der Waals surface area contributed by atoms with Crippen LogP contribution in [0.5, 0.6) is 0 Å². The first-order chi connectivity index (χ1) is 9.81. The summed E-state index contributed by atoms with van der Waals surface area (Å²) < 4.78 is 5.62. The van der Waals surface area contributed by atoms with Crippen molar-refractivity contribution in [3.63, 3.8) is 0 Å². The van der Waals surface area contributed by atoms with E-state index in [2.05, 4.69) is 32.4 Å². The Bertz CT molecular complexity index is 561. The van der Waals surface area contributed by atoms with Crippen LogP contribution in [-0.2, 0) is 11.2 Å². The molecule has 0 unspecified atom stereocenters. The quantitative estimate of drug-likeness (QED) is 0.918. The van der Waals surface area contributed by atoms with Crippen molar-refractivity contribution in [2.75, 3.05) is 18.5 Å². The van der Waals surface area contributed by atoms with Gasteiger partial charge in [-0.2, -0.15) is 0 Å². The fraction of sp³-hybridized carbons (Fsp3) is 0.400. The van der Waals surface area contributed by atoms with E-state index in [0.717, 1.165) is 31.3 Å². The third-order valence-electron chi connectivity index (χ3n) is 3.55. The van der Waals surface area contributed by atoms with Gasteiger partial charge in [-0.05, 0) is 37.1 Å². The molecule has 0 amide bonds. The Kier molecular flexibility index (Phi) is 3.87. The molecule has 0 spiro atoms. The molecular weight excluding hydrogens is 252 g/mol. The second kappa shape index (κ2) is 5.96. The van der Waals surface area contributed by atoms with E-state index in [1.54, 1.807) is 6.20 Å². The van der Waals surface area contributed by atoms with Crippen molar-refractivity contribution < 1.29 is 4.74 Å². The molecule has 20 heavy (non-hydrogen) atoms. The first kappa shape index (κ1) is 13.0. The summed E-state index contributed by atoms with van der Waals surface area (Å²) in [4.78, 5) is 12.6. The lowest BCUT2D eigenvalue weighted by molar-refractivity contribution is 0.185. The molecule has 5 heteroatoms. The summed E-state index contributed by atoms with van der Waals surface area (Å²) in [5.41, 5.74) is 1.29. The molecule has 0 aliphatic carbocycles. The Morgan fingerprint density at radius 1 is 1.20 bits per heavy atom. The van der Waals surface area contributed by atoms with Crippen molar-refractivity contribution in [1.29, 1.82) is 0 Å². The number of aryl methyl sites for hydroxylation is 1. The molecule has 0 saturated carbocycles. The van der Waals surface area contributed by atoms with Crippen molar-refractivity contribution >= 4 is 5.82 Å². The molecule has 3 rings (SSSR count). The summed E-state index contributed by atoms with van der Waals surface area (Å²) >= 11 is 0. The van der Waals surface area contributed by atoms with Gasteiger partial charge < -0.3 is 10.1 Å². The SMILES string of the molecule is Cc1nccc(N[C@@H]2COC[C@H]2Cc2ccncc2)n1. The Morgan fingerprint density at radius 2 is 2.05 bits per heavy atom. The molecule has 1 aliphatic rings. The van der Waals surface area contributed by atoms with E-state index in [9.17, 15) is 0 Å². The summed E-state index contributed by atoms with van der Waals surface area (Å²) in [5, 5.41) is 3.46. The maximum absolute atomic E-state index is 5.62. The molecular formula is C15H18N4O. The zero-order chi connectivity index (χ0) is 13.8. The molecule has 0 radical (unpaired) electrons. The van der Waals surface area contributed by atoms with E-state index >= 15 is 0 Å². The fourth-order valence-corrected chi connectivity index (χ4v) is 2.51. The van der Waals surface area contributed by atoms with Crippen LogP contribution < -0.4 is 5.32 Å². The van der Waals surface area contributed by atoms with Crippen molar-refractivity contribution in [2.24, 2.45) is 5.92 Å². The summed E-state index contributed by atoms with van der Waals surface area (Å²) in [6, 6.07) is 6.31. The smallest absolute Gasteiger partial charge is 0.129 e. The lowest BCUT2D eigenvalue weighted by atomic mass is 9.95. The molecule has 1 aliphatic heterocycles. The van der Waals surface area contributed by atoms with E-state index < -0.39 is 0 Å². The molecule has 1 saturated heterocycles. The molecule has 2 atom stereocenters. The lowest BCUT2D eigenvalue weighted by Crippen LogP contribution is -2.29. The molecule has 104 valence electrons. The summed E-state index contributed by atoms with van der Waals surface area (Å²) in [6.07, 6.45) is 6.44. The summed E-state index contributed by atoms with van der Waals surface area (Å²) in [6.45, 7) is 3.40. The highest BCUT2D eigenvalue weighted by Crippen LogP contribution is 2.21. The maximum atomic E-state index is 5.62. The highest BCUT2D eigenvalue weighted by atomic mass is 16.5. The molecule has 3 heterocycles. The summed E-state index contributed by atoms with van der Waals surface area (Å²) in [7, 11) is 0. The highest BCUT2D eigenvalue weighted by molar-refractivity contribution is 5.35. The van der Waals surface area contributed by atoms with Crippen LogP contribution in [-0.4, -0.2) is 34.2 Å². The number of nitrogens with one attached hydrogen (secondary N) is 1. The number of ether oxygens (including phenoxy) is 1. The minimum atomic E-state index is 0.289. The van der Waals surface area contributed by atoms with Gasteiger partial charge in [-0.1, -0.05) is 0 Å². The number of pyridine rings is 1. The van der Waals surface area contributed by atoms with Crippen LogP contribution in [0.1, 0.15) is 11.4 Å². The second-order valence-electron chi connectivity index (χ2n) is 5.10. The third-order valence-corrected chi connectivity index (χ3v) is 3.55. The first-order valence-corrected chi connectivity index (χ1v) is 6.84. The predicted molar refractivity (Wildman–Crippen MR) is 76.4 cm³/mol. The van der Waals surface area contributed by atoms with Gasteiger partial charge >= 0.3 is 0 Å². The van der Waals surface area contributed by atoms with Crippen molar-refractivity contribution in [1.82, 2.24) is 15.0 Å². The average Bonchev–Trinajstić information content (AvgIpc) is 2.87. The maximum Gasteiger partial charge on any atom is 0.129 e. The summed E-state index contributed by atoms with van der Waals surface area (Å²) in [5.74, 6) is 2.10. The number of hydrogen-bond donors (Lipinski definition) is 1. The second-order valence-corrected chi connectivity index (χ2v) is 5.10. The Morgan fingerprint density at radius 3 is 2.85 bits per heavy atom. The van der Waals surface area contributed by atoms with Gasteiger partial charge in [0.1, 0.15) is 11.6 Å². The van der Waals surface area contributed by atoms with Crippen molar-refractivity contribution in [3.8, 4) is 0 Å². The van der Waals surface area contributed by atoms with Crippen LogP contribution >= 0.6 is 0 Å². The molecule has 0 aromatic carbocycles. The highest BCUT2D eigenvalue weighted by Gasteiger charge is 2.28. The zero-order valence-electron chi connectivity index (χ0n) is 11.5. The van der Waals surface area contributed by atoms with E-state index in [0.29, 0.717) is 5.92 Å². The number of hydrogen-bond acceptors (Lipinski definition) is 5. The van der Waals surface area contributed by atoms with Crippen LogP contribution in [0.25, 0.3) is 0 Å². The van der Waals surface area contributed by atoms with Gasteiger partial charge in [-0.15, -0.1) is 0 Å². The molecule has 5 nitrogen and oxygen atoms in total. The van der Waals surface area contributed by atoms with Crippen LogP contribution in [0.3, 0.4) is 0 Å². The normalized spacial score (nSPS) is 21.9. The van der Waals surface area contributed by atoms with Gasteiger partial charge in [0, 0.05) is 24.5 Å². The zero-order valence-corrected chi connectivity index (χ0v) is 11.5. The van der Waals surface area contributed by atoms with Gasteiger partial charge in [0.25, 0.3) is 0 Å². The number of anilines is 1. The fourth-order valence-electron chi connectivity index (χ4n) is 2.51. The van der Waals surface area contributed by atoms with Crippen molar-refractivity contribution in [2.45, 2.75) is 19.4 Å². The van der Waals surface area contributed by atoms with Gasteiger partial charge in [0.05, 0.1) is 19.3 Å². The lowest BCUT2D eigenvalue weighted by Gasteiger charge is -2.19. The van der Waals surface area contributed by atoms with E-state index in [1.165, 1.54) is 5.56 Å².